The number of nitrogens with zero attached hydrogens (tertiary/aromatic N) is 4. The first-order chi connectivity index (χ1) is 28.8. The minimum Gasteiger partial charge on any atom is -0.486 e. The molecule has 0 spiro atoms. The van der Waals surface area contributed by atoms with Gasteiger partial charge in [0.15, 0.2) is 0 Å². The van der Waals surface area contributed by atoms with Gasteiger partial charge < -0.3 is 14.0 Å². The van der Waals surface area contributed by atoms with Gasteiger partial charge in [0.1, 0.15) is 0 Å². The van der Waals surface area contributed by atoms with Gasteiger partial charge in [-0.15, -0.1) is 54.1 Å². The van der Waals surface area contributed by atoms with E-state index in [9.17, 15) is 0 Å². The molecule has 9 aromatic rings. The van der Waals surface area contributed by atoms with E-state index in [2.05, 4.69) is 179 Å². The number of hydrogen-bond acceptors (Lipinski definition) is 4. The van der Waals surface area contributed by atoms with Crippen molar-refractivity contribution in [2.45, 2.75) is 85.9 Å². The van der Waals surface area contributed by atoms with Crippen LogP contribution in [0.2, 0.25) is 19.6 Å². The van der Waals surface area contributed by atoms with E-state index in [0.717, 1.165) is 55.7 Å². The SMILES string of the molecule is CC(C)c1cc(-c2[c-]cccc2)ncc1[Si](C)(C)C.Cc1ccc2c(n1)oc1c(-c3nc4ccccc4n3-c3c(C(C)C)cc(-c4ccccc4)cc3C(C)C)[c-]ccc12.[Ir]. The fourth-order valence-electron chi connectivity index (χ4n) is 8.19. The standard InChI is InChI=1S/C37H32N3O.C17H22NSi.Ir/c1-22(2)30-20-26(25-12-7-6-8-13-25)21-31(23(3)4)34(30)40-33-17-10-9-16-32(33)39-36(40)29-15-11-14-27-28-19-18-24(5)38-37(28)41-35(27)29;1-13(2)15-11-16(14-9-7-6-8-10-14)18-12-17(15)19(3,4)5;/h6-14,16-23H,1-5H3;6-9,11-13H,1-5H3;/q2*-1;. The molecule has 61 heavy (non-hydrogen) atoms. The zero-order valence-corrected chi connectivity index (χ0v) is 40.3. The molecule has 4 aromatic heterocycles. The Kier molecular flexibility index (Phi) is 12.8. The summed E-state index contributed by atoms with van der Waals surface area (Å²) in [4.78, 5) is 14.6. The molecule has 0 saturated carbocycles. The Balaban J connectivity index is 0.000000237. The van der Waals surface area contributed by atoms with Crippen molar-refractivity contribution in [3.63, 3.8) is 0 Å². The number of aryl methyl sites for hydroxylation is 1. The molecule has 0 bridgehead atoms. The van der Waals surface area contributed by atoms with Gasteiger partial charge in [-0.25, -0.2) is 4.98 Å². The summed E-state index contributed by atoms with van der Waals surface area (Å²) < 4.78 is 8.78. The predicted molar refractivity (Wildman–Crippen MR) is 254 cm³/mol. The molecule has 0 aliphatic heterocycles. The number of furan rings is 1. The van der Waals surface area contributed by atoms with Gasteiger partial charge in [0.25, 0.3) is 0 Å². The van der Waals surface area contributed by atoms with Crippen LogP contribution in [0, 0.1) is 19.1 Å². The molecule has 0 fully saturated rings. The average Bonchev–Trinajstić information content (AvgIpc) is 3.81. The van der Waals surface area contributed by atoms with Crippen molar-refractivity contribution >= 4 is 46.4 Å². The molecule has 4 heterocycles. The summed E-state index contributed by atoms with van der Waals surface area (Å²) in [5.41, 5.74) is 14.9. The Morgan fingerprint density at radius 1 is 0.639 bits per heavy atom. The normalized spacial score (nSPS) is 11.8. The van der Waals surface area contributed by atoms with Crippen LogP contribution < -0.4 is 5.19 Å². The van der Waals surface area contributed by atoms with Crippen molar-refractivity contribution in [1.29, 1.82) is 0 Å². The summed E-state index contributed by atoms with van der Waals surface area (Å²) in [6, 6.07) is 49.0. The van der Waals surface area contributed by atoms with Crippen molar-refractivity contribution in [1.82, 2.24) is 19.5 Å². The number of imidazole rings is 1. The first-order valence-corrected chi connectivity index (χ1v) is 24.7. The smallest absolute Gasteiger partial charge is 0.216 e. The maximum atomic E-state index is 6.44. The molecule has 5 nitrogen and oxygen atoms in total. The molecular formula is C54H54IrN4OSi-2. The van der Waals surface area contributed by atoms with Crippen LogP contribution in [0.5, 0.6) is 0 Å². The molecule has 0 saturated heterocycles. The molecule has 0 atom stereocenters. The summed E-state index contributed by atoms with van der Waals surface area (Å²) >= 11 is 0. The third kappa shape index (κ3) is 8.70. The van der Waals surface area contributed by atoms with E-state index in [1.807, 2.05) is 43.3 Å². The Hall–Kier alpha value is -5.46. The van der Waals surface area contributed by atoms with E-state index in [-0.39, 0.29) is 20.1 Å². The first-order valence-electron chi connectivity index (χ1n) is 21.2. The fourth-order valence-corrected chi connectivity index (χ4v) is 9.87. The number of fused-ring (bicyclic) bond motifs is 4. The number of rotatable bonds is 8. The third-order valence-electron chi connectivity index (χ3n) is 11.3. The molecule has 0 unspecified atom stereocenters. The van der Waals surface area contributed by atoms with Crippen LogP contribution in [-0.4, -0.2) is 27.6 Å². The molecule has 9 rings (SSSR count). The van der Waals surface area contributed by atoms with Gasteiger partial charge in [0, 0.05) is 43.1 Å². The van der Waals surface area contributed by atoms with Gasteiger partial charge in [0.2, 0.25) is 5.71 Å². The van der Waals surface area contributed by atoms with E-state index in [4.69, 9.17) is 9.40 Å². The Labute approximate surface area is 375 Å². The molecular weight excluding hydrogens is 941 g/mol. The van der Waals surface area contributed by atoms with Gasteiger partial charge in [-0.05, 0) is 94.2 Å². The third-order valence-corrected chi connectivity index (χ3v) is 13.4. The molecule has 0 aliphatic carbocycles. The summed E-state index contributed by atoms with van der Waals surface area (Å²) in [7, 11) is -1.34. The summed E-state index contributed by atoms with van der Waals surface area (Å²) in [5, 5.41) is 3.50. The number of benzene rings is 5. The van der Waals surface area contributed by atoms with Gasteiger partial charge >= 0.3 is 0 Å². The fraction of sp³-hybridized carbons (Fsp3) is 0.241. The summed E-state index contributed by atoms with van der Waals surface area (Å²) in [6.45, 7) is 22.7. The van der Waals surface area contributed by atoms with Gasteiger partial charge in [-0.2, -0.15) is 0 Å². The van der Waals surface area contributed by atoms with Crippen molar-refractivity contribution in [3.05, 3.63) is 162 Å². The maximum absolute atomic E-state index is 6.44. The minimum absolute atomic E-state index is 0. The molecule has 5 aromatic carbocycles. The van der Waals surface area contributed by atoms with Crippen LogP contribution in [0.1, 0.15) is 81.7 Å². The zero-order chi connectivity index (χ0) is 42.3. The van der Waals surface area contributed by atoms with Crippen LogP contribution in [0.25, 0.3) is 72.6 Å². The minimum atomic E-state index is -1.34. The summed E-state index contributed by atoms with van der Waals surface area (Å²) in [6.07, 6.45) is 2.09. The van der Waals surface area contributed by atoms with Crippen LogP contribution in [0.15, 0.2) is 132 Å². The van der Waals surface area contributed by atoms with Gasteiger partial charge in [-0.3, -0.25) is 4.98 Å². The van der Waals surface area contributed by atoms with Gasteiger partial charge in [0.05, 0.1) is 30.5 Å². The Morgan fingerprint density at radius 2 is 1.31 bits per heavy atom. The van der Waals surface area contributed by atoms with Crippen molar-refractivity contribution < 1.29 is 24.5 Å². The quantitative estimate of drug-likeness (QED) is 0.112. The molecule has 0 N–H and O–H groups in total. The monoisotopic (exact) mass is 995 g/mol. The van der Waals surface area contributed by atoms with Crippen LogP contribution in [0.4, 0.5) is 0 Å². The summed E-state index contributed by atoms with van der Waals surface area (Å²) in [5.74, 6) is 1.94. The van der Waals surface area contributed by atoms with E-state index in [0.29, 0.717) is 23.5 Å². The van der Waals surface area contributed by atoms with Crippen LogP contribution in [0.3, 0.4) is 0 Å². The van der Waals surface area contributed by atoms with Crippen LogP contribution in [-0.2, 0) is 20.1 Å². The molecule has 311 valence electrons. The van der Waals surface area contributed by atoms with E-state index >= 15 is 0 Å². The maximum Gasteiger partial charge on any atom is 0.216 e. The number of aromatic nitrogens is 4. The van der Waals surface area contributed by atoms with E-state index < -0.39 is 8.07 Å². The average molecular weight is 995 g/mol. The van der Waals surface area contributed by atoms with Gasteiger partial charge in [-0.1, -0.05) is 126 Å². The van der Waals surface area contributed by atoms with Crippen molar-refractivity contribution in [2.75, 3.05) is 0 Å². The first kappa shape index (κ1) is 43.6. The van der Waals surface area contributed by atoms with Crippen LogP contribution >= 0.6 is 0 Å². The van der Waals surface area contributed by atoms with Crippen molar-refractivity contribution in [3.8, 4) is 39.5 Å². The number of pyridine rings is 2. The second kappa shape index (κ2) is 17.9. The van der Waals surface area contributed by atoms with E-state index in [1.54, 1.807) is 0 Å². The van der Waals surface area contributed by atoms with E-state index in [1.165, 1.54) is 38.7 Å². The molecule has 1 radical (unpaired) electrons. The van der Waals surface area contributed by atoms with Crippen molar-refractivity contribution in [2.24, 2.45) is 0 Å². The molecule has 7 heteroatoms. The molecule has 0 amide bonds. The second-order valence-corrected chi connectivity index (χ2v) is 22.8. The predicted octanol–water partition coefficient (Wildman–Crippen LogP) is 14.2. The topological polar surface area (TPSA) is 56.7 Å². The number of hydrogen-bond donors (Lipinski definition) is 0. The Morgan fingerprint density at radius 3 is 1.97 bits per heavy atom. The second-order valence-electron chi connectivity index (χ2n) is 17.8. The molecule has 0 aliphatic rings. The Bertz CT molecular complexity index is 2930. The largest absolute Gasteiger partial charge is 0.486 e. The zero-order valence-electron chi connectivity index (χ0n) is 36.9. The number of para-hydroxylation sites is 2.